The number of hydrogen-bond donors (Lipinski definition) is 2. The summed E-state index contributed by atoms with van der Waals surface area (Å²) in [4.78, 5) is 24.8. The molecule has 2 amide bonds. The molecule has 0 unspecified atom stereocenters. The molecule has 1 aliphatic carbocycles. The van der Waals surface area contributed by atoms with Gasteiger partial charge in [0.2, 0.25) is 0 Å². The number of hydrogen-bond acceptors (Lipinski definition) is 3. The van der Waals surface area contributed by atoms with E-state index in [9.17, 15) is 9.59 Å². The van der Waals surface area contributed by atoms with Gasteiger partial charge in [-0.1, -0.05) is 0 Å². The number of carbonyl (C=O) groups is 2. The van der Waals surface area contributed by atoms with Crippen LogP contribution in [-0.4, -0.2) is 54.4 Å². The normalized spacial score (nSPS) is 29.5. The van der Waals surface area contributed by atoms with Crippen molar-refractivity contribution in [1.29, 1.82) is 0 Å². The zero-order chi connectivity index (χ0) is 14.0. The second-order valence-corrected chi connectivity index (χ2v) is 5.83. The largest absolute Gasteiger partial charge is 0.481 e. The van der Waals surface area contributed by atoms with Gasteiger partial charge in [-0.2, -0.15) is 0 Å². The van der Waals surface area contributed by atoms with E-state index in [0.717, 1.165) is 12.8 Å². The number of carbonyl (C=O) groups excluding carboxylic acids is 1. The summed E-state index contributed by atoms with van der Waals surface area (Å²) in [5.41, 5.74) is -0.686. The van der Waals surface area contributed by atoms with Gasteiger partial charge in [0, 0.05) is 26.2 Å². The molecule has 0 bridgehead atoms. The molecule has 1 aliphatic heterocycles. The summed E-state index contributed by atoms with van der Waals surface area (Å²) in [5, 5.41) is 12.1. The smallest absolute Gasteiger partial charge is 0.317 e. The zero-order valence-electron chi connectivity index (χ0n) is 11.5. The summed E-state index contributed by atoms with van der Waals surface area (Å²) in [5.74, 6) is -0.769. The Morgan fingerprint density at radius 2 is 1.89 bits per heavy atom. The average Bonchev–Trinajstić information content (AvgIpc) is 2.33. The van der Waals surface area contributed by atoms with Gasteiger partial charge in [0.25, 0.3) is 0 Å². The summed E-state index contributed by atoms with van der Waals surface area (Å²) in [6.45, 7) is 2.77. The molecule has 0 aromatic rings. The first-order valence-electron chi connectivity index (χ1n) is 6.76. The van der Waals surface area contributed by atoms with Crippen molar-refractivity contribution in [2.45, 2.75) is 44.8 Å². The molecule has 2 aliphatic rings. The van der Waals surface area contributed by atoms with Crippen molar-refractivity contribution in [3.63, 3.8) is 0 Å². The van der Waals surface area contributed by atoms with Gasteiger partial charge in [-0.25, -0.2) is 4.79 Å². The highest BCUT2D eigenvalue weighted by Gasteiger charge is 2.39. The van der Waals surface area contributed by atoms with E-state index < -0.39 is 11.4 Å². The number of urea groups is 1. The summed E-state index contributed by atoms with van der Waals surface area (Å²) >= 11 is 0. The Bertz CT molecular complexity index is 358. The Morgan fingerprint density at radius 1 is 1.32 bits per heavy atom. The Morgan fingerprint density at radius 3 is 2.37 bits per heavy atom. The molecule has 1 saturated heterocycles. The van der Waals surface area contributed by atoms with Crippen molar-refractivity contribution in [1.82, 2.24) is 10.2 Å². The summed E-state index contributed by atoms with van der Waals surface area (Å²) < 4.78 is 5.17. The first-order chi connectivity index (χ1) is 8.94. The molecule has 1 heterocycles. The van der Waals surface area contributed by atoms with Crippen LogP contribution in [0.3, 0.4) is 0 Å². The lowest BCUT2D eigenvalue weighted by Crippen LogP contribution is -2.54. The van der Waals surface area contributed by atoms with Gasteiger partial charge in [-0.15, -0.1) is 0 Å². The molecule has 0 atom stereocenters. The van der Waals surface area contributed by atoms with Crippen molar-refractivity contribution in [3.05, 3.63) is 0 Å². The number of amides is 2. The van der Waals surface area contributed by atoms with Gasteiger partial charge < -0.3 is 20.1 Å². The lowest BCUT2D eigenvalue weighted by Gasteiger charge is -2.39. The Kier molecular flexibility index (Phi) is 3.99. The fourth-order valence-electron chi connectivity index (χ4n) is 2.56. The van der Waals surface area contributed by atoms with Crippen LogP contribution in [0.5, 0.6) is 0 Å². The van der Waals surface area contributed by atoms with Crippen molar-refractivity contribution < 1.29 is 19.4 Å². The minimum Gasteiger partial charge on any atom is -0.481 e. The fraction of sp³-hybridized carbons (Fsp3) is 0.846. The van der Waals surface area contributed by atoms with Crippen LogP contribution >= 0.6 is 0 Å². The lowest BCUT2D eigenvalue weighted by atomic mass is 9.80. The van der Waals surface area contributed by atoms with E-state index in [1.165, 1.54) is 0 Å². The van der Waals surface area contributed by atoms with Crippen molar-refractivity contribution >= 4 is 12.0 Å². The number of carboxylic acid groups (broad SMARTS) is 1. The predicted molar refractivity (Wildman–Crippen MR) is 68.9 cm³/mol. The van der Waals surface area contributed by atoms with Gasteiger partial charge in [0.15, 0.2) is 0 Å². The molecular weight excluding hydrogens is 248 g/mol. The number of piperidine rings is 1. The SMILES string of the molecule is COC1CC(NC(=O)N2CCC(C)(C(=O)O)CC2)C1. The van der Waals surface area contributed by atoms with E-state index in [1.54, 1.807) is 18.9 Å². The number of methoxy groups -OCH3 is 1. The molecule has 0 aromatic heterocycles. The van der Waals surface area contributed by atoms with E-state index >= 15 is 0 Å². The van der Waals surface area contributed by atoms with E-state index in [1.807, 2.05) is 0 Å². The molecule has 0 radical (unpaired) electrons. The van der Waals surface area contributed by atoms with Crippen LogP contribution in [0.2, 0.25) is 0 Å². The Labute approximate surface area is 113 Å². The Hall–Kier alpha value is -1.30. The number of rotatable bonds is 3. The van der Waals surface area contributed by atoms with E-state index in [-0.39, 0.29) is 18.2 Å². The third-order valence-corrected chi connectivity index (χ3v) is 4.43. The highest BCUT2D eigenvalue weighted by molar-refractivity contribution is 5.77. The Balaban J connectivity index is 1.75. The van der Waals surface area contributed by atoms with E-state index in [0.29, 0.717) is 25.9 Å². The zero-order valence-corrected chi connectivity index (χ0v) is 11.5. The topological polar surface area (TPSA) is 78.9 Å². The van der Waals surface area contributed by atoms with Gasteiger partial charge in [0.1, 0.15) is 0 Å². The molecule has 19 heavy (non-hydrogen) atoms. The first kappa shape index (κ1) is 14.1. The highest BCUT2D eigenvalue weighted by Crippen LogP contribution is 2.31. The molecule has 0 spiro atoms. The first-order valence-corrected chi connectivity index (χ1v) is 6.76. The quantitative estimate of drug-likeness (QED) is 0.803. The number of ether oxygens (including phenoxy) is 1. The number of likely N-dealkylation sites (tertiary alicyclic amines) is 1. The third-order valence-electron chi connectivity index (χ3n) is 4.43. The monoisotopic (exact) mass is 270 g/mol. The van der Waals surface area contributed by atoms with E-state index in [4.69, 9.17) is 9.84 Å². The molecule has 6 heteroatoms. The summed E-state index contributed by atoms with van der Waals surface area (Å²) in [7, 11) is 1.68. The standard InChI is InChI=1S/C13H22N2O4/c1-13(11(16)17)3-5-15(6-4-13)12(18)14-9-7-10(8-9)19-2/h9-10H,3-8H2,1-2H3,(H,14,18)(H,16,17). The maximum Gasteiger partial charge on any atom is 0.317 e. The maximum atomic E-state index is 12.0. The number of aliphatic carboxylic acids is 1. The number of carboxylic acids is 1. The van der Waals surface area contributed by atoms with Gasteiger partial charge in [-0.05, 0) is 32.6 Å². The van der Waals surface area contributed by atoms with Crippen molar-refractivity contribution in [3.8, 4) is 0 Å². The van der Waals surface area contributed by atoms with Crippen molar-refractivity contribution in [2.24, 2.45) is 5.41 Å². The summed E-state index contributed by atoms with van der Waals surface area (Å²) in [6, 6.07) is 0.122. The second kappa shape index (κ2) is 5.36. The molecule has 6 nitrogen and oxygen atoms in total. The van der Waals surface area contributed by atoms with Gasteiger partial charge >= 0.3 is 12.0 Å². The second-order valence-electron chi connectivity index (χ2n) is 5.83. The average molecular weight is 270 g/mol. The lowest BCUT2D eigenvalue weighted by molar-refractivity contribution is -0.150. The molecule has 2 N–H and O–H groups in total. The predicted octanol–water partition coefficient (Wildman–Crippen LogP) is 1.06. The van der Waals surface area contributed by atoms with Crippen LogP contribution in [0.4, 0.5) is 4.79 Å². The molecule has 2 fully saturated rings. The molecule has 1 saturated carbocycles. The van der Waals surface area contributed by atoms with Crippen LogP contribution in [0.1, 0.15) is 32.6 Å². The van der Waals surface area contributed by atoms with Gasteiger partial charge in [-0.3, -0.25) is 4.79 Å². The van der Waals surface area contributed by atoms with Crippen molar-refractivity contribution in [2.75, 3.05) is 20.2 Å². The van der Waals surface area contributed by atoms with Crippen LogP contribution < -0.4 is 5.32 Å². The van der Waals surface area contributed by atoms with Crippen LogP contribution in [0.15, 0.2) is 0 Å². The fourth-order valence-corrected chi connectivity index (χ4v) is 2.56. The minimum atomic E-state index is -0.769. The number of nitrogens with zero attached hydrogens (tertiary/aromatic N) is 1. The highest BCUT2D eigenvalue weighted by atomic mass is 16.5. The van der Waals surface area contributed by atoms with Crippen LogP contribution in [0.25, 0.3) is 0 Å². The van der Waals surface area contributed by atoms with E-state index in [2.05, 4.69) is 5.32 Å². The summed E-state index contributed by atoms with van der Waals surface area (Å²) in [6.07, 6.45) is 3.02. The van der Waals surface area contributed by atoms with Gasteiger partial charge in [0.05, 0.1) is 11.5 Å². The van der Waals surface area contributed by atoms with Crippen LogP contribution in [-0.2, 0) is 9.53 Å². The molecule has 108 valence electrons. The molecule has 2 rings (SSSR count). The molecular formula is C13H22N2O4. The third kappa shape index (κ3) is 3.00. The van der Waals surface area contributed by atoms with Crippen LogP contribution in [0, 0.1) is 5.41 Å². The number of nitrogens with one attached hydrogen (secondary N) is 1. The minimum absolute atomic E-state index is 0.0769. The molecule has 0 aromatic carbocycles. The maximum absolute atomic E-state index is 12.0.